The normalized spacial score (nSPS) is 21.6. The third kappa shape index (κ3) is 7.24. The fourth-order valence-electron chi connectivity index (χ4n) is 3.20. The second-order valence-electron chi connectivity index (χ2n) is 6.25. The molecule has 0 saturated heterocycles. The van der Waals surface area contributed by atoms with Gasteiger partial charge in [0.15, 0.2) is 0 Å². The minimum Gasteiger partial charge on any atom is -0.466 e. The third-order valence-corrected chi connectivity index (χ3v) is 4.44. The van der Waals surface area contributed by atoms with E-state index in [2.05, 4.69) is 19.1 Å². The molecule has 1 aliphatic rings. The van der Waals surface area contributed by atoms with Crippen LogP contribution in [0.4, 0.5) is 0 Å². The quantitative estimate of drug-likeness (QED) is 0.311. The highest BCUT2D eigenvalue weighted by Gasteiger charge is 2.31. The van der Waals surface area contributed by atoms with Crippen molar-refractivity contribution >= 4 is 11.8 Å². The first-order valence-electron chi connectivity index (χ1n) is 9.04. The Hall–Kier alpha value is -1.12. The van der Waals surface area contributed by atoms with Crippen LogP contribution in [0.15, 0.2) is 12.2 Å². The molecule has 0 aromatic heterocycles. The van der Waals surface area contributed by atoms with Gasteiger partial charge in [-0.15, -0.1) is 0 Å². The molecule has 0 aliphatic heterocycles. The van der Waals surface area contributed by atoms with Crippen LogP contribution in [-0.4, -0.2) is 18.4 Å². The van der Waals surface area contributed by atoms with Gasteiger partial charge in [-0.2, -0.15) is 0 Å². The van der Waals surface area contributed by atoms with Crippen molar-refractivity contribution in [3.05, 3.63) is 12.2 Å². The lowest BCUT2D eigenvalue weighted by Crippen LogP contribution is -2.13. The number of unbranched alkanes of at least 4 members (excludes halogenated alkanes) is 4. The smallest absolute Gasteiger partial charge is 0.305 e. The van der Waals surface area contributed by atoms with E-state index in [1.807, 2.05) is 6.92 Å². The summed E-state index contributed by atoms with van der Waals surface area (Å²) in [6.45, 7) is 4.48. The van der Waals surface area contributed by atoms with Gasteiger partial charge in [-0.25, -0.2) is 0 Å². The van der Waals surface area contributed by atoms with Gasteiger partial charge in [-0.3, -0.25) is 9.59 Å². The van der Waals surface area contributed by atoms with Crippen molar-refractivity contribution in [2.45, 2.75) is 78.1 Å². The van der Waals surface area contributed by atoms with Gasteiger partial charge in [0.1, 0.15) is 5.78 Å². The Kier molecular flexibility index (Phi) is 9.85. The molecule has 0 heterocycles. The highest BCUT2D eigenvalue weighted by atomic mass is 16.5. The Bertz CT molecular complexity index is 360. The SMILES string of the molecule is CCC/C=C/[C@@H]1CCC(=O)[C@H]1CCCCCCC(=O)OCC. The minimum atomic E-state index is -0.0883. The number of hydrogen-bond acceptors (Lipinski definition) is 3. The summed E-state index contributed by atoms with van der Waals surface area (Å²) in [6, 6.07) is 0. The summed E-state index contributed by atoms with van der Waals surface area (Å²) < 4.78 is 4.91. The maximum Gasteiger partial charge on any atom is 0.305 e. The second-order valence-corrected chi connectivity index (χ2v) is 6.25. The molecule has 1 fully saturated rings. The Morgan fingerprint density at radius 3 is 2.73 bits per heavy atom. The zero-order valence-corrected chi connectivity index (χ0v) is 14.3. The van der Waals surface area contributed by atoms with E-state index in [1.165, 1.54) is 6.42 Å². The van der Waals surface area contributed by atoms with E-state index >= 15 is 0 Å². The second kappa shape index (κ2) is 11.4. The largest absolute Gasteiger partial charge is 0.466 e. The van der Waals surface area contributed by atoms with E-state index in [1.54, 1.807) is 0 Å². The molecule has 3 heteroatoms. The van der Waals surface area contributed by atoms with E-state index in [9.17, 15) is 9.59 Å². The molecular formula is C19H32O3. The van der Waals surface area contributed by atoms with Crippen molar-refractivity contribution in [2.24, 2.45) is 11.8 Å². The van der Waals surface area contributed by atoms with E-state index < -0.39 is 0 Å². The maximum absolute atomic E-state index is 12.0. The number of esters is 1. The lowest BCUT2D eigenvalue weighted by atomic mass is 9.89. The van der Waals surface area contributed by atoms with Crippen LogP contribution in [-0.2, 0) is 14.3 Å². The number of carbonyl (C=O) groups excluding carboxylic acids is 2. The van der Waals surface area contributed by atoms with Gasteiger partial charge < -0.3 is 4.74 Å². The van der Waals surface area contributed by atoms with Crippen LogP contribution in [0.3, 0.4) is 0 Å². The summed E-state index contributed by atoms with van der Waals surface area (Å²) in [5, 5.41) is 0. The minimum absolute atomic E-state index is 0.0883. The van der Waals surface area contributed by atoms with E-state index in [0.717, 1.165) is 51.4 Å². The molecule has 126 valence electrons. The molecule has 1 aliphatic carbocycles. The lowest BCUT2D eigenvalue weighted by molar-refractivity contribution is -0.143. The fraction of sp³-hybridized carbons (Fsp3) is 0.789. The van der Waals surface area contributed by atoms with Crippen LogP contribution in [0.5, 0.6) is 0 Å². The zero-order valence-electron chi connectivity index (χ0n) is 14.3. The third-order valence-electron chi connectivity index (χ3n) is 4.44. The predicted molar refractivity (Wildman–Crippen MR) is 89.6 cm³/mol. The lowest BCUT2D eigenvalue weighted by Gasteiger charge is -2.14. The van der Waals surface area contributed by atoms with Crippen molar-refractivity contribution in [3.8, 4) is 0 Å². The first kappa shape index (κ1) is 18.9. The van der Waals surface area contributed by atoms with Gasteiger partial charge in [0.25, 0.3) is 0 Å². The van der Waals surface area contributed by atoms with E-state index in [4.69, 9.17) is 4.74 Å². The van der Waals surface area contributed by atoms with Crippen LogP contribution < -0.4 is 0 Å². The Labute approximate surface area is 135 Å². The first-order valence-corrected chi connectivity index (χ1v) is 9.04. The van der Waals surface area contributed by atoms with Gasteiger partial charge in [-0.05, 0) is 38.5 Å². The van der Waals surface area contributed by atoms with Crippen molar-refractivity contribution in [1.82, 2.24) is 0 Å². The Morgan fingerprint density at radius 2 is 2.00 bits per heavy atom. The van der Waals surface area contributed by atoms with Crippen LogP contribution in [0.2, 0.25) is 0 Å². The molecule has 0 amide bonds. The van der Waals surface area contributed by atoms with E-state index in [0.29, 0.717) is 24.7 Å². The van der Waals surface area contributed by atoms with Gasteiger partial charge in [-0.1, -0.05) is 44.8 Å². The number of carbonyl (C=O) groups is 2. The van der Waals surface area contributed by atoms with Crippen molar-refractivity contribution in [3.63, 3.8) is 0 Å². The average molecular weight is 308 g/mol. The number of rotatable bonds is 11. The molecule has 22 heavy (non-hydrogen) atoms. The molecule has 0 radical (unpaired) electrons. The number of Topliss-reactive ketones (excluding diaryl/α,β-unsaturated/α-hetero) is 1. The molecule has 0 spiro atoms. The maximum atomic E-state index is 12.0. The molecule has 1 rings (SSSR count). The van der Waals surface area contributed by atoms with Gasteiger partial charge in [0.05, 0.1) is 6.61 Å². The number of allylic oxidation sites excluding steroid dienone is 2. The summed E-state index contributed by atoms with van der Waals surface area (Å²) in [7, 11) is 0. The van der Waals surface area contributed by atoms with Crippen LogP contribution in [0.25, 0.3) is 0 Å². The number of ketones is 1. The monoisotopic (exact) mass is 308 g/mol. The summed E-state index contributed by atoms with van der Waals surface area (Å²) >= 11 is 0. The first-order chi connectivity index (χ1) is 10.7. The number of hydrogen-bond donors (Lipinski definition) is 0. The summed E-state index contributed by atoms with van der Waals surface area (Å²) in [5.41, 5.74) is 0. The highest BCUT2D eigenvalue weighted by Crippen LogP contribution is 2.33. The van der Waals surface area contributed by atoms with Crippen molar-refractivity contribution < 1.29 is 14.3 Å². The average Bonchev–Trinajstić information content (AvgIpc) is 2.84. The standard InChI is InChI=1S/C19H32O3/c1-3-5-8-11-16-14-15-18(20)17(16)12-9-6-7-10-13-19(21)22-4-2/h8,11,16-17H,3-7,9-10,12-15H2,1-2H3/b11-8+/t16-,17+/m1/s1. The molecule has 0 aromatic rings. The zero-order chi connectivity index (χ0) is 16.2. The molecule has 0 N–H and O–H groups in total. The van der Waals surface area contributed by atoms with Crippen LogP contribution in [0, 0.1) is 11.8 Å². The predicted octanol–water partition coefficient (Wildman–Crippen LogP) is 4.84. The molecule has 3 nitrogen and oxygen atoms in total. The molecular weight excluding hydrogens is 276 g/mol. The van der Waals surface area contributed by atoms with Crippen molar-refractivity contribution in [2.75, 3.05) is 6.61 Å². The number of ether oxygens (including phenoxy) is 1. The van der Waals surface area contributed by atoms with Crippen LogP contribution >= 0.6 is 0 Å². The molecule has 0 bridgehead atoms. The Balaban J connectivity index is 2.16. The summed E-state index contributed by atoms with van der Waals surface area (Å²) in [6.07, 6.45) is 14.3. The molecule has 0 unspecified atom stereocenters. The highest BCUT2D eigenvalue weighted by molar-refractivity contribution is 5.83. The van der Waals surface area contributed by atoms with Crippen LogP contribution in [0.1, 0.15) is 78.1 Å². The van der Waals surface area contributed by atoms with Gasteiger partial charge in [0.2, 0.25) is 0 Å². The van der Waals surface area contributed by atoms with Crippen molar-refractivity contribution in [1.29, 1.82) is 0 Å². The topological polar surface area (TPSA) is 43.4 Å². The summed E-state index contributed by atoms with van der Waals surface area (Å²) in [4.78, 5) is 23.2. The van der Waals surface area contributed by atoms with E-state index in [-0.39, 0.29) is 11.9 Å². The van der Waals surface area contributed by atoms with Gasteiger partial charge in [0, 0.05) is 18.8 Å². The molecule has 1 saturated carbocycles. The fourth-order valence-corrected chi connectivity index (χ4v) is 3.20. The summed E-state index contributed by atoms with van der Waals surface area (Å²) in [5.74, 6) is 1.09. The van der Waals surface area contributed by atoms with Gasteiger partial charge >= 0.3 is 5.97 Å². The Morgan fingerprint density at radius 1 is 1.23 bits per heavy atom. The molecule has 0 aromatic carbocycles. The molecule has 2 atom stereocenters.